The molecule has 0 aromatic rings. The van der Waals surface area contributed by atoms with Gasteiger partial charge in [-0.2, -0.15) is 0 Å². The van der Waals surface area contributed by atoms with E-state index < -0.39 is 0 Å². The van der Waals surface area contributed by atoms with Gasteiger partial charge in [-0.25, -0.2) is 0 Å². The SMILES string of the molecule is CC(C)C1CCCCC1N1CCC(C)C(CN)C1. The summed E-state index contributed by atoms with van der Waals surface area (Å²) in [5.74, 6) is 3.32. The summed E-state index contributed by atoms with van der Waals surface area (Å²) in [7, 11) is 0. The van der Waals surface area contributed by atoms with Crippen molar-refractivity contribution < 1.29 is 0 Å². The fourth-order valence-electron chi connectivity index (χ4n) is 4.16. The first-order chi connectivity index (χ1) is 8.63. The van der Waals surface area contributed by atoms with Gasteiger partial charge in [0.15, 0.2) is 0 Å². The van der Waals surface area contributed by atoms with Crippen molar-refractivity contribution in [2.45, 2.75) is 58.9 Å². The van der Waals surface area contributed by atoms with Crippen molar-refractivity contribution in [2.75, 3.05) is 19.6 Å². The van der Waals surface area contributed by atoms with Gasteiger partial charge in [0.05, 0.1) is 0 Å². The molecule has 0 bridgehead atoms. The zero-order valence-corrected chi connectivity index (χ0v) is 12.6. The number of nitrogens with zero attached hydrogens (tertiary/aromatic N) is 1. The molecule has 0 aromatic heterocycles. The molecule has 1 heterocycles. The molecule has 1 saturated heterocycles. The van der Waals surface area contributed by atoms with Gasteiger partial charge in [-0.05, 0) is 56.0 Å². The summed E-state index contributed by atoms with van der Waals surface area (Å²) in [5, 5.41) is 0. The summed E-state index contributed by atoms with van der Waals surface area (Å²) < 4.78 is 0. The molecular weight excluding hydrogens is 220 g/mol. The molecule has 2 nitrogen and oxygen atoms in total. The normalized spacial score (nSPS) is 39.2. The molecule has 2 rings (SSSR count). The lowest BCUT2D eigenvalue weighted by Gasteiger charge is -2.46. The largest absolute Gasteiger partial charge is 0.330 e. The van der Waals surface area contributed by atoms with Crippen molar-refractivity contribution >= 4 is 0 Å². The first-order valence-electron chi connectivity index (χ1n) is 8.07. The zero-order chi connectivity index (χ0) is 13.1. The molecule has 2 aliphatic rings. The van der Waals surface area contributed by atoms with Crippen LogP contribution in [0.5, 0.6) is 0 Å². The second-order valence-electron chi connectivity index (χ2n) is 7.02. The van der Waals surface area contributed by atoms with E-state index in [2.05, 4.69) is 25.7 Å². The second-order valence-corrected chi connectivity index (χ2v) is 7.02. The maximum atomic E-state index is 5.95. The predicted octanol–water partition coefficient (Wildman–Crippen LogP) is 3.12. The Bertz CT molecular complexity index is 251. The van der Waals surface area contributed by atoms with Gasteiger partial charge >= 0.3 is 0 Å². The molecule has 4 unspecified atom stereocenters. The van der Waals surface area contributed by atoms with Crippen LogP contribution in [0.25, 0.3) is 0 Å². The Labute approximate surface area is 113 Å². The molecule has 106 valence electrons. The van der Waals surface area contributed by atoms with E-state index in [0.29, 0.717) is 0 Å². The molecule has 4 atom stereocenters. The molecule has 0 amide bonds. The van der Waals surface area contributed by atoms with Crippen LogP contribution in [0.1, 0.15) is 52.9 Å². The Kier molecular flexibility index (Phi) is 5.08. The fourth-order valence-corrected chi connectivity index (χ4v) is 4.16. The third-order valence-electron chi connectivity index (χ3n) is 5.56. The van der Waals surface area contributed by atoms with Crippen molar-refractivity contribution in [2.24, 2.45) is 29.4 Å². The third kappa shape index (κ3) is 3.08. The van der Waals surface area contributed by atoms with Gasteiger partial charge in [-0.3, -0.25) is 4.90 Å². The lowest BCUT2D eigenvalue weighted by atomic mass is 9.75. The molecule has 1 aliphatic carbocycles. The van der Waals surface area contributed by atoms with Crippen molar-refractivity contribution in [3.05, 3.63) is 0 Å². The van der Waals surface area contributed by atoms with E-state index in [1.54, 1.807) is 0 Å². The Morgan fingerprint density at radius 3 is 2.56 bits per heavy atom. The molecule has 1 saturated carbocycles. The smallest absolute Gasteiger partial charge is 0.0126 e. The number of hydrogen-bond donors (Lipinski definition) is 1. The monoisotopic (exact) mass is 252 g/mol. The molecular formula is C16H32N2. The minimum atomic E-state index is 0.730. The van der Waals surface area contributed by atoms with E-state index in [4.69, 9.17) is 5.73 Å². The Hall–Kier alpha value is -0.0800. The van der Waals surface area contributed by atoms with Crippen LogP contribution < -0.4 is 5.73 Å². The second kappa shape index (κ2) is 6.38. The van der Waals surface area contributed by atoms with E-state index in [9.17, 15) is 0 Å². The maximum Gasteiger partial charge on any atom is 0.0126 e. The number of piperidine rings is 1. The van der Waals surface area contributed by atoms with E-state index in [-0.39, 0.29) is 0 Å². The van der Waals surface area contributed by atoms with Gasteiger partial charge in [-0.15, -0.1) is 0 Å². The average Bonchev–Trinajstić information content (AvgIpc) is 2.39. The summed E-state index contributed by atoms with van der Waals surface area (Å²) in [6.07, 6.45) is 7.11. The van der Waals surface area contributed by atoms with Crippen LogP contribution in [0.3, 0.4) is 0 Å². The Morgan fingerprint density at radius 2 is 1.89 bits per heavy atom. The molecule has 2 fully saturated rings. The summed E-state index contributed by atoms with van der Waals surface area (Å²) in [6.45, 7) is 10.6. The highest BCUT2D eigenvalue weighted by atomic mass is 15.2. The molecule has 2 heteroatoms. The predicted molar refractivity (Wildman–Crippen MR) is 78.5 cm³/mol. The van der Waals surface area contributed by atoms with Crippen molar-refractivity contribution in [3.63, 3.8) is 0 Å². The van der Waals surface area contributed by atoms with Gasteiger partial charge in [0.2, 0.25) is 0 Å². The number of likely N-dealkylation sites (tertiary alicyclic amines) is 1. The first kappa shape index (κ1) is 14.3. The molecule has 0 spiro atoms. The standard InChI is InChI=1S/C16H32N2/c1-12(2)15-6-4-5-7-16(15)18-9-8-13(3)14(10-17)11-18/h12-16H,4-11,17H2,1-3H3. The van der Waals surface area contributed by atoms with E-state index in [1.165, 1.54) is 45.2 Å². The maximum absolute atomic E-state index is 5.95. The molecule has 0 aromatic carbocycles. The molecule has 18 heavy (non-hydrogen) atoms. The van der Waals surface area contributed by atoms with E-state index in [0.717, 1.165) is 36.3 Å². The average molecular weight is 252 g/mol. The van der Waals surface area contributed by atoms with Crippen LogP contribution in [-0.4, -0.2) is 30.6 Å². The number of nitrogens with two attached hydrogens (primary N) is 1. The van der Waals surface area contributed by atoms with Crippen LogP contribution in [0.4, 0.5) is 0 Å². The Morgan fingerprint density at radius 1 is 1.17 bits per heavy atom. The molecule has 2 N–H and O–H groups in total. The lowest BCUT2D eigenvalue weighted by Crippen LogP contribution is -2.51. The van der Waals surface area contributed by atoms with Gasteiger partial charge in [0.1, 0.15) is 0 Å². The minimum absolute atomic E-state index is 0.730. The van der Waals surface area contributed by atoms with E-state index >= 15 is 0 Å². The number of rotatable bonds is 3. The van der Waals surface area contributed by atoms with Crippen LogP contribution in [-0.2, 0) is 0 Å². The fraction of sp³-hybridized carbons (Fsp3) is 1.00. The first-order valence-corrected chi connectivity index (χ1v) is 8.07. The van der Waals surface area contributed by atoms with Crippen LogP contribution in [0, 0.1) is 23.7 Å². The highest BCUT2D eigenvalue weighted by Gasteiger charge is 2.35. The number of hydrogen-bond acceptors (Lipinski definition) is 2. The summed E-state index contributed by atoms with van der Waals surface area (Å²) >= 11 is 0. The minimum Gasteiger partial charge on any atom is -0.330 e. The summed E-state index contributed by atoms with van der Waals surface area (Å²) in [5.41, 5.74) is 5.95. The zero-order valence-electron chi connectivity index (χ0n) is 12.6. The van der Waals surface area contributed by atoms with Gasteiger partial charge in [0.25, 0.3) is 0 Å². The van der Waals surface area contributed by atoms with Gasteiger partial charge in [0, 0.05) is 12.6 Å². The topological polar surface area (TPSA) is 29.3 Å². The van der Waals surface area contributed by atoms with Gasteiger partial charge < -0.3 is 5.73 Å². The highest BCUT2D eigenvalue weighted by molar-refractivity contribution is 4.89. The third-order valence-corrected chi connectivity index (χ3v) is 5.56. The van der Waals surface area contributed by atoms with Crippen LogP contribution in [0.15, 0.2) is 0 Å². The van der Waals surface area contributed by atoms with E-state index in [1.807, 2.05) is 0 Å². The summed E-state index contributed by atoms with van der Waals surface area (Å²) in [4.78, 5) is 2.79. The van der Waals surface area contributed by atoms with Crippen molar-refractivity contribution in [1.82, 2.24) is 4.90 Å². The van der Waals surface area contributed by atoms with Crippen LogP contribution in [0.2, 0.25) is 0 Å². The quantitative estimate of drug-likeness (QED) is 0.836. The van der Waals surface area contributed by atoms with Crippen molar-refractivity contribution in [3.8, 4) is 0 Å². The van der Waals surface area contributed by atoms with Crippen molar-refractivity contribution in [1.29, 1.82) is 0 Å². The Balaban J connectivity index is 2.00. The molecule has 0 radical (unpaired) electrons. The van der Waals surface area contributed by atoms with Gasteiger partial charge in [-0.1, -0.05) is 33.6 Å². The van der Waals surface area contributed by atoms with Crippen LogP contribution >= 0.6 is 0 Å². The highest BCUT2D eigenvalue weighted by Crippen LogP contribution is 2.36. The lowest BCUT2D eigenvalue weighted by molar-refractivity contribution is 0.0284. The summed E-state index contributed by atoms with van der Waals surface area (Å²) in [6, 6.07) is 0.847. The molecule has 1 aliphatic heterocycles.